The zero-order valence-corrected chi connectivity index (χ0v) is 15.2. The van der Waals surface area contributed by atoms with Crippen molar-refractivity contribution in [2.24, 2.45) is 11.8 Å². The van der Waals surface area contributed by atoms with Crippen LogP contribution in [0.25, 0.3) is 0 Å². The number of halogens is 3. The van der Waals surface area contributed by atoms with E-state index >= 15 is 0 Å². The summed E-state index contributed by atoms with van der Waals surface area (Å²) in [5, 5.41) is 4.78. The summed E-state index contributed by atoms with van der Waals surface area (Å²) >= 11 is 15.9. The third kappa shape index (κ3) is 4.05. The van der Waals surface area contributed by atoms with Crippen LogP contribution in [-0.4, -0.2) is 6.04 Å². The molecule has 0 amide bonds. The molecule has 0 aliphatic heterocycles. The Balaban J connectivity index is 2.02. The third-order valence-corrected chi connectivity index (χ3v) is 6.12. The molecule has 1 nitrogen and oxygen atoms in total. The second-order valence-electron chi connectivity index (χ2n) is 6.08. The van der Waals surface area contributed by atoms with Gasteiger partial charge in [0, 0.05) is 10.5 Å². The lowest BCUT2D eigenvalue weighted by molar-refractivity contribution is 0.341. The fraction of sp³-hybridized carbons (Fsp3) is 0.625. The maximum Gasteiger partial charge on any atom is 0.0835 e. The van der Waals surface area contributed by atoms with Gasteiger partial charge in [-0.15, -0.1) is 0 Å². The smallest absolute Gasteiger partial charge is 0.0835 e. The molecule has 0 bridgehead atoms. The van der Waals surface area contributed by atoms with Crippen LogP contribution in [0.5, 0.6) is 0 Å². The van der Waals surface area contributed by atoms with E-state index < -0.39 is 0 Å². The molecule has 0 saturated heterocycles. The Labute approximate surface area is 140 Å². The van der Waals surface area contributed by atoms with Gasteiger partial charge < -0.3 is 5.32 Å². The Bertz CT molecular complexity index is 462. The summed E-state index contributed by atoms with van der Waals surface area (Å²) in [6.07, 6.45) is 6.38. The van der Waals surface area contributed by atoms with Gasteiger partial charge in [-0.05, 0) is 59.2 Å². The molecule has 20 heavy (non-hydrogen) atoms. The van der Waals surface area contributed by atoms with Gasteiger partial charge in [0.1, 0.15) is 0 Å². The first-order valence-electron chi connectivity index (χ1n) is 7.39. The van der Waals surface area contributed by atoms with E-state index in [2.05, 4.69) is 35.1 Å². The second kappa shape index (κ2) is 7.38. The van der Waals surface area contributed by atoms with Crippen molar-refractivity contribution in [3.63, 3.8) is 0 Å². The van der Waals surface area contributed by atoms with Crippen molar-refractivity contribution in [1.82, 2.24) is 0 Å². The maximum absolute atomic E-state index is 6.31. The molecule has 1 saturated carbocycles. The van der Waals surface area contributed by atoms with Gasteiger partial charge in [-0.2, -0.15) is 0 Å². The summed E-state index contributed by atoms with van der Waals surface area (Å²) in [6.45, 7) is 4.67. The molecule has 2 atom stereocenters. The Hall–Kier alpha value is 0.0800. The van der Waals surface area contributed by atoms with E-state index in [4.69, 9.17) is 23.2 Å². The third-order valence-electron chi connectivity index (χ3n) is 4.35. The van der Waals surface area contributed by atoms with Gasteiger partial charge in [0.05, 0.1) is 15.7 Å². The first kappa shape index (κ1) is 16.5. The highest BCUT2D eigenvalue weighted by molar-refractivity contribution is 9.10. The first-order valence-corrected chi connectivity index (χ1v) is 8.94. The molecule has 2 rings (SSSR count). The number of anilines is 1. The number of nitrogens with one attached hydrogen (secondary N) is 1. The van der Waals surface area contributed by atoms with Gasteiger partial charge in [-0.3, -0.25) is 0 Å². The summed E-state index contributed by atoms with van der Waals surface area (Å²) in [5.41, 5.74) is 0.952. The Kier molecular flexibility index (Phi) is 6.07. The molecule has 1 N–H and O–H groups in total. The molecule has 112 valence electrons. The van der Waals surface area contributed by atoms with Gasteiger partial charge >= 0.3 is 0 Å². The van der Waals surface area contributed by atoms with E-state index in [0.29, 0.717) is 16.1 Å². The topological polar surface area (TPSA) is 12.0 Å². The Morgan fingerprint density at radius 2 is 1.85 bits per heavy atom. The van der Waals surface area contributed by atoms with Crippen LogP contribution in [0.2, 0.25) is 10.0 Å². The minimum Gasteiger partial charge on any atom is -0.381 e. The normalized spacial score (nSPS) is 23.7. The zero-order chi connectivity index (χ0) is 14.7. The lowest BCUT2D eigenvalue weighted by Crippen LogP contribution is -2.19. The van der Waals surface area contributed by atoms with Gasteiger partial charge in [-0.25, -0.2) is 0 Å². The largest absolute Gasteiger partial charge is 0.381 e. The summed E-state index contributed by atoms with van der Waals surface area (Å²) in [6, 6.07) is 4.46. The molecule has 2 unspecified atom stereocenters. The molecule has 1 aromatic carbocycles. The fourth-order valence-corrected chi connectivity index (χ4v) is 3.83. The van der Waals surface area contributed by atoms with Crippen LogP contribution in [0.15, 0.2) is 16.6 Å². The molecular weight excluding hydrogens is 357 g/mol. The molecule has 0 spiro atoms. The van der Waals surface area contributed by atoms with Crippen molar-refractivity contribution in [1.29, 1.82) is 0 Å². The van der Waals surface area contributed by atoms with Gasteiger partial charge in [0.2, 0.25) is 0 Å². The van der Waals surface area contributed by atoms with Crippen LogP contribution in [0.4, 0.5) is 5.69 Å². The lowest BCUT2D eigenvalue weighted by Gasteiger charge is -2.20. The molecule has 0 radical (unpaired) electrons. The summed E-state index contributed by atoms with van der Waals surface area (Å²) in [4.78, 5) is 0. The van der Waals surface area contributed by atoms with Crippen molar-refractivity contribution >= 4 is 44.8 Å². The van der Waals surface area contributed by atoms with Gasteiger partial charge in [-0.1, -0.05) is 49.9 Å². The van der Waals surface area contributed by atoms with Crippen LogP contribution in [-0.2, 0) is 0 Å². The van der Waals surface area contributed by atoms with E-state index in [1.807, 2.05) is 12.1 Å². The molecule has 1 fully saturated rings. The minimum absolute atomic E-state index is 0.508. The average Bonchev–Trinajstić information content (AvgIpc) is 2.65. The molecule has 1 aromatic rings. The van der Waals surface area contributed by atoms with E-state index in [1.165, 1.54) is 32.1 Å². The highest BCUT2D eigenvalue weighted by atomic mass is 79.9. The van der Waals surface area contributed by atoms with Crippen LogP contribution in [0.3, 0.4) is 0 Å². The molecule has 0 aromatic heterocycles. The predicted octanol–water partition coefficient (Wildman–Crippen LogP) is 6.77. The summed E-state index contributed by atoms with van der Waals surface area (Å²) in [5.74, 6) is 1.66. The maximum atomic E-state index is 6.31. The molecule has 1 aliphatic carbocycles. The highest BCUT2D eigenvalue weighted by Crippen LogP contribution is 2.37. The molecular formula is C16H22BrCl2N. The summed E-state index contributed by atoms with van der Waals surface area (Å²) < 4.78 is 0.843. The number of rotatable bonds is 3. The molecule has 4 heteroatoms. The van der Waals surface area contributed by atoms with E-state index in [1.54, 1.807) is 0 Å². The van der Waals surface area contributed by atoms with Crippen molar-refractivity contribution in [3.05, 3.63) is 26.7 Å². The number of benzene rings is 1. The van der Waals surface area contributed by atoms with E-state index in [-0.39, 0.29) is 0 Å². The zero-order valence-electron chi connectivity index (χ0n) is 12.1. The van der Waals surface area contributed by atoms with Crippen LogP contribution in [0.1, 0.15) is 46.0 Å². The summed E-state index contributed by atoms with van der Waals surface area (Å²) in [7, 11) is 0. The predicted molar refractivity (Wildman–Crippen MR) is 93.0 cm³/mol. The SMILES string of the molecule is CC(C)C1CCCC(Nc2ccc(Br)c(Cl)c2Cl)CC1. The van der Waals surface area contributed by atoms with E-state index in [9.17, 15) is 0 Å². The molecule has 1 aliphatic rings. The van der Waals surface area contributed by atoms with E-state index in [0.717, 1.165) is 22.0 Å². The lowest BCUT2D eigenvalue weighted by atomic mass is 9.89. The number of hydrogen-bond donors (Lipinski definition) is 1. The Morgan fingerprint density at radius 1 is 1.10 bits per heavy atom. The second-order valence-corrected chi connectivity index (χ2v) is 7.69. The fourth-order valence-electron chi connectivity index (χ4n) is 3.00. The van der Waals surface area contributed by atoms with Crippen molar-refractivity contribution in [2.75, 3.05) is 5.32 Å². The Morgan fingerprint density at radius 3 is 2.55 bits per heavy atom. The van der Waals surface area contributed by atoms with Crippen molar-refractivity contribution in [3.8, 4) is 0 Å². The van der Waals surface area contributed by atoms with Crippen LogP contribution >= 0.6 is 39.1 Å². The standard InChI is InChI=1S/C16H22BrCl2N/c1-10(2)11-4-3-5-12(7-6-11)20-14-9-8-13(17)15(18)16(14)19/h8-12,20H,3-7H2,1-2H3. The van der Waals surface area contributed by atoms with Crippen LogP contribution < -0.4 is 5.32 Å². The monoisotopic (exact) mass is 377 g/mol. The molecule has 0 heterocycles. The van der Waals surface area contributed by atoms with Gasteiger partial charge in [0.15, 0.2) is 0 Å². The van der Waals surface area contributed by atoms with Crippen LogP contribution in [0, 0.1) is 11.8 Å². The van der Waals surface area contributed by atoms with Crippen molar-refractivity contribution < 1.29 is 0 Å². The quantitative estimate of drug-likeness (QED) is 0.451. The number of hydrogen-bond acceptors (Lipinski definition) is 1. The van der Waals surface area contributed by atoms with Crippen molar-refractivity contribution in [2.45, 2.75) is 52.0 Å². The minimum atomic E-state index is 0.508. The van der Waals surface area contributed by atoms with Gasteiger partial charge in [0.25, 0.3) is 0 Å². The average molecular weight is 379 g/mol. The first-order chi connectivity index (χ1) is 9.49. The highest BCUT2D eigenvalue weighted by Gasteiger charge is 2.21.